The maximum absolute atomic E-state index is 12.6. The van der Waals surface area contributed by atoms with Gasteiger partial charge in [0.05, 0.1) is 6.04 Å². The molecule has 0 spiro atoms. The van der Waals surface area contributed by atoms with Gasteiger partial charge in [-0.25, -0.2) is 4.79 Å². The van der Waals surface area contributed by atoms with Crippen LogP contribution < -0.4 is 0 Å². The summed E-state index contributed by atoms with van der Waals surface area (Å²) in [6, 6.07) is 11.0. The number of ether oxygens (including phenoxy) is 1. The number of benzene rings is 1. The zero-order valence-corrected chi connectivity index (χ0v) is 16.0. The SMILES string of the molecule is CC(C)(C)OC(=O)N1CC2C=CCC1CN2C(C)(C)c1ccccc1. The molecule has 2 bridgehead atoms. The molecule has 4 heteroatoms. The summed E-state index contributed by atoms with van der Waals surface area (Å²) in [7, 11) is 0. The summed E-state index contributed by atoms with van der Waals surface area (Å²) in [5.41, 5.74) is 0.762. The lowest BCUT2D eigenvalue weighted by Gasteiger charge is -2.50. The summed E-state index contributed by atoms with van der Waals surface area (Å²) >= 11 is 0. The van der Waals surface area contributed by atoms with E-state index in [-0.39, 0.29) is 23.7 Å². The number of carbonyl (C=O) groups is 1. The highest BCUT2D eigenvalue weighted by Crippen LogP contribution is 2.35. The van der Waals surface area contributed by atoms with E-state index < -0.39 is 5.60 Å². The van der Waals surface area contributed by atoms with E-state index in [0.29, 0.717) is 6.54 Å². The standard InChI is InChI=1S/C21H30N2O2/c1-20(2,3)25-19(24)22-14-18-13-9-12-17(22)15-23(18)21(4,5)16-10-7-6-8-11-16/h6-11,13,17-18H,12,14-15H2,1-5H3. The molecule has 4 rings (SSSR count). The minimum atomic E-state index is -0.459. The van der Waals surface area contributed by atoms with Gasteiger partial charge >= 0.3 is 6.09 Å². The number of piperazine rings is 1. The molecular weight excluding hydrogens is 312 g/mol. The van der Waals surface area contributed by atoms with Crippen LogP contribution in [0.25, 0.3) is 0 Å². The van der Waals surface area contributed by atoms with Gasteiger partial charge in [0.25, 0.3) is 0 Å². The number of hydrogen-bond donors (Lipinski definition) is 0. The second-order valence-electron chi connectivity index (χ2n) is 8.60. The Balaban J connectivity index is 1.82. The number of fused-ring (bicyclic) bond motifs is 3. The van der Waals surface area contributed by atoms with E-state index in [0.717, 1.165) is 13.0 Å². The van der Waals surface area contributed by atoms with Gasteiger partial charge in [-0.3, -0.25) is 4.90 Å². The molecule has 3 aliphatic rings. The summed E-state index contributed by atoms with van der Waals surface area (Å²) in [6.45, 7) is 11.9. The fraction of sp³-hybridized carbons (Fsp3) is 0.571. The van der Waals surface area contributed by atoms with Crippen LogP contribution in [0.1, 0.15) is 46.6 Å². The molecule has 0 N–H and O–H groups in total. The molecular formula is C21H30N2O2. The highest BCUT2D eigenvalue weighted by atomic mass is 16.6. The lowest BCUT2D eigenvalue weighted by Crippen LogP contribution is -2.62. The van der Waals surface area contributed by atoms with Gasteiger partial charge in [0.1, 0.15) is 5.60 Å². The van der Waals surface area contributed by atoms with Crippen LogP contribution in [0.2, 0.25) is 0 Å². The van der Waals surface area contributed by atoms with Crippen molar-refractivity contribution in [1.29, 1.82) is 0 Å². The van der Waals surface area contributed by atoms with Crippen molar-refractivity contribution < 1.29 is 9.53 Å². The van der Waals surface area contributed by atoms with Crippen molar-refractivity contribution in [2.75, 3.05) is 13.1 Å². The second-order valence-corrected chi connectivity index (χ2v) is 8.60. The molecule has 0 saturated carbocycles. The lowest BCUT2D eigenvalue weighted by molar-refractivity contribution is -0.0311. The molecule has 2 atom stereocenters. The van der Waals surface area contributed by atoms with E-state index in [4.69, 9.17) is 4.74 Å². The van der Waals surface area contributed by atoms with E-state index in [1.54, 1.807) is 0 Å². The van der Waals surface area contributed by atoms with Gasteiger partial charge in [-0.15, -0.1) is 0 Å². The number of nitrogens with zero attached hydrogens (tertiary/aromatic N) is 2. The maximum atomic E-state index is 12.6. The molecule has 25 heavy (non-hydrogen) atoms. The average Bonchev–Trinajstić information content (AvgIpc) is 2.87. The Morgan fingerprint density at radius 1 is 1.08 bits per heavy atom. The third-order valence-corrected chi connectivity index (χ3v) is 5.22. The Morgan fingerprint density at radius 3 is 2.40 bits per heavy atom. The number of rotatable bonds is 2. The van der Waals surface area contributed by atoms with E-state index in [1.807, 2.05) is 25.7 Å². The first-order chi connectivity index (χ1) is 11.7. The fourth-order valence-corrected chi connectivity index (χ4v) is 3.87. The van der Waals surface area contributed by atoms with Gasteiger partial charge in [-0.2, -0.15) is 0 Å². The first-order valence-corrected chi connectivity index (χ1v) is 9.17. The highest BCUT2D eigenvalue weighted by Gasteiger charge is 2.44. The third-order valence-electron chi connectivity index (χ3n) is 5.22. The minimum absolute atomic E-state index is 0.0844. The molecule has 0 radical (unpaired) electrons. The average molecular weight is 342 g/mol. The molecule has 1 fully saturated rings. The maximum Gasteiger partial charge on any atom is 0.410 e. The molecule has 136 valence electrons. The van der Waals surface area contributed by atoms with Crippen LogP contribution >= 0.6 is 0 Å². The molecule has 2 unspecified atom stereocenters. The zero-order valence-electron chi connectivity index (χ0n) is 16.0. The molecule has 1 aromatic carbocycles. The molecule has 1 amide bonds. The van der Waals surface area contributed by atoms with Crippen molar-refractivity contribution in [3.05, 3.63) is 48.0 Å². The highest BCUT2D eigenvalue weighted by molar-refractivity contribution is 5.69. The predicted octanol–water partition coefficient (Wildman–Crippen LogP) is 4.17. The molecule has 1 saturated heterocycles. The first-order valence-electron chi connectivity index (χ1n) is 9.17. The van der Waals surface area contributed by atoms with Crippen molar-refractivity contribution in [3.8, 4) is 0 Å². The molecule has 3 heterocycles. The molecule has 1 aromatic rings. The zero-order chi connectivity index (χ0) is 18.2. The van der Waals surface area contributed by atoms with Crippen molar-refractivity contribution in [1.82, 2.24) is 9.80 Å². The van der Waals surface area contributed by atoms with Crippen LogP contribution in [-0.4, -0.2) is 46.7 Å². The van der Waals surface area contributed by atoms with Crippen LogP contribution in [0.3, 0.4) is 0 Å². The van der Waals surface area contributed by atoms with Gasteiger partial charge in [0.2, 0.25) is 0 Å². The fourth-order valence-electron chi connectivity index (χ4n) is 3.87. The van der Waals surface area contributed by atoms with Crippen LogP contribution in [0, 0.1) is 0 Å². The topological polar surface area (TPSA) is 32.8 Å². The van der Waals surface area contributed by atoms with Crippen molar-refractivity contribution in [3.63, 3.8) is 0 Å². The predicted molar refractivity (Wildman–Crippen MR) is 100 cm³/mol. The minimum Gasteiger partial charge on any atom is -0.444 e. The smallest absolute Gasteiger partial charge is 0.410 e. The largest absolute Gasteiger partial charge is 0.444 e. The third kappa shape index (κ3) is 3.74. The summed E-state index contributed by atoms with van der Waals surface area (Å²) < 4.78 is 5.63. The first kappa shape index (κ1) is 18.0. The van der Waals surface area contributed by atoms with Crippen LogP contribution in [0.15, 0.2) is 42.5 Å². The molecule has 3 aliphatic heterocycles. The monoisotopic (exact) mass is 342 g/mol. The van der Waals surface area contributed by atoms with Gasteiger partial charge in [-0.05, 0) is 46.6 Å². The van der Waals surface area contributed by atoms with Crippen LogP contribution in [-0.2, 0) is 10.3 Å². The van der Waals surface area contributed by atoms with E-state index >= 15 is 0 Å². The molecule has 0 aromatic heterocycles. The van der Waals surface area contributed by atoms with E-state index in [1.165, 1.54) is 5.56 Å². The Bertz CT molecular complexity index is 646. The normalized spacial score (nSPS) is 24.3. The number of hydrogen-bond acceptors (Lipinski definition) is 3. The van der Waals surface area contributed by atoms with E-state index in [2.05, 4.69) is 61.2 Å². The van der Waals surface area contributed by atoms with Crippen molar-refractivity contribution >= 4 is 6.09 Å². The van der Waals surface area contributed by atoms with Gasteiger partial charge in [-0.1, -0.05) is 42.5 Å². The van der Waals surface area contributed by atoms with Crippen molar-refractivity contribution in [2.45, 2.75) is 64.3 Å². The van der Waals surface area contributed by atoms with Gasteiger partial charge in [0, 0.05) is 24.7 Å². The van der Waals surface area contributed by atoms with E-state index in [9.17, 15) is 4.79 Å². The van der Waals surface area contributed by atoms with Crippen LogP contribution in [0.5, 0.6) is 0 Å². The Labute approximate surface area is 151 Å². The Morgan fingerprint density at radius 2 is 1.76 bits per heavy atom. The summed E-state index contributed by atoms with van der Waals surface area (Å²) in [5.74, 6) is 0. The van der Waals surface area contributed by atoms with Crippen LogP contribution in [0.4, 0.5) is 4.79 Å². The van der Waals surface area contributed by atoms with Gasteiger partial charge in [0.15, 0.2) is 0 Å². The summed E-state index contributed by atoms with van der Waals surface area (Å²) in [4.78, 5) is 17.1. The lowest BCUT2D eigenvalue weighted by atomic mass is 9.89. The van der Waals surface area contributed by atoms with Gasteiger partial charge < -0.3 is 9.64 Å². The number of amides is 1. The van der Waals surface area contributed by atoms with Crippen molar-refractivity contribution in [2.24, 2.45) is 0 Å². The summed E-state index contributed by atoms with van der Waals surface area (Å²) in [6.07, 6.45) is 5.18. The Kier molecular flexibility index (Phi) is 4.67. The molecule has 0 aliphatic carbocycles. The Hall–Kier alpha value is -1.81. The summed E-state index contributed by atoms with van der Waals surface area (Å²) in [5, 5.41) is 0. The second kappa shape index (κ2) is 6.49. The quantitative estimate of drug-likeness (QED) is 0.756. The number of carbonyl (C=O) groups excluding carboxylic acids is 1. The molecule has 4 nitrogen and oxygen atoms in total.